The molecule has 6 nitrogen and oxygen atoms in total. The Hall–Kier alpha value is -2.36. The maximum atomic E-state index is 12.7. The fraction of sp³-hybridized carbons (Fsp3) is 0.375. The van der Waals surface area contributed by atoms with E-state index < -0.39 is 12.7 Å². The second-order valence-corrected chi connectivity index (χ2v) is 6.85. The number of nitrogens with zero attached hydrogens (tertiary/aromatic N) is 5. The van der Waals surface area contributed by atoms with Crippen LogP contribution in [0.1, 0.15) is 21.7 Å². The molecule has 0 aromatic carbocycles. The molecule has 0 saturated heterocycles. The van der Waals surface area contributed by atoms with E-state index >= 15 is 0 Å². The van der Waals surface area contributed by atoms with Gasteiger partial charge in [0.1, 0.15) is 17.9 Å². The third kappa shape index (κ3) is 3.59. The highest BCUT2D eigenvalue weighted by Crippen LogP contribution is 2.27. The zero-order chi connectivity index (χ0) is 19.1. The summed E-state index contributed by atoms with van der Waals surface area (Å²) in [6.07, 6.45) is -1.32. The standard InChI is InChI=1S/C16H16F3N5OS/c1-9-4-11(10(2)24(9)7-16(17,18)19)13(25)6-26-15-12-5-22-23(3)14(12)20-8-21-15/h4-5,8H,6-7H2,1-3H3. The first-order valence-corrected chi connectivity index (χ1v) is 8.68. The molecule has 0 unspecified atom stereocenters. The van der Waals surface area contributed by atoms with Crippen molar-refractivity contribution in [3.05, 3.63) is 35.5 Å². The Morgan fingerprint density at radius 3 is 2.69 bits per heavy atom. The van der Waals surface area contributed by atoms with Gasteiger partial charge in [0, 0.05) is 24.0 Å². The van der Waals surface area contributed by atoms with E-state index in [1.807, 2.05) is 0 Å². The molecule has 3 aromatic heterocycles. The van der Waals surface area contributed by atoms with E-state index in [4.69, 9.17) is 0 Å². The average Bonchev–Trinajstić information content (AvgIpc) is 3.07. The highest BCUT2D eigenvalue weighted by atomic mass is 32.2. The van der Waals surface area contributed by atoms with Crippen LogP contribution in [-0.2, 0) is 13.6 Å². The first-order valence-electron chi connectivity index (χ1n) is 7.69. The summed E-state index contributed by atoms with van der Waals surface area (Å²) in [5, 5.41) is 5.45. The van der Waals surface area contributed by atoms with E-state index in [0.29, 0.717) is 27.6 Å². The summed E-state index contributed by atoms with van der Waals surface area (Å²) in [5.41, 5.74) is 1.68. The number of alkyl halides is 3. The first kappa shape index (κ1) is 18.4. The smallest absolute Gasteiger partial charge is 0.339 e. The van der Waals surface area contributed by atoms with E-state index in [9.17, 15) is 18.0 Å². The van der Waals surface area contributed by atoms with Crippen LogP contribution < -0.4 is 0 Å². The van der Waals surface area contributed by atoms with Gasteiger partial charge in [-0.25, -0.2) is 9.97 Å². The molecule has 0 radical (unpaired) electrons. The molecule has 0 aliphatic heterocycles. The van der Waals surface area contributed by atoms with Gasteiger partial charge >= 0.3 is 6.18 Å². The summed E-state index contributed by atoms with van der Waals surface area (Å²) in [4.78, 5) is 20.8. The van der Waals surface area contributed by atoms with E-state index in [1.54, 1.807) is 24.9 Å². The number of fused-ring (bicyclic) bond motifs is 1. The minimum Gasteiger partial charge on any atom is -0.339 e. The van der Waals surface area contributed by atoms with E-state index in [-0.39, 0.29) is 11.5 Å². The van der Waals surface area contributed by atoms with Crippen molar-refractivity contribution >= 4 is 28.6 Å². The highest BCUT2D eigenvalue weighted by molar-refractivity contribution is 8.00. The maximum absolute atomic E-state index is 12.7. The minimum absolute atomic E-state index is 0.0668. The van der Waals surface area contributed by atoms with Crippen LogP contribution in [0.3, 0.4) is 0 Å². The van der Waals surface area contributed by atoms with Crippen LogP contribution in [0.25, 0.3) is 11.0 Å². The van der Waals surface area contributed by atoms with Gasteiger partial charge < -0.3 is 4.57 Å². The summed E-state index contributed by atoms with van der Waals surface area (Å²) < 4.78 is 40.8. The lowest BCUT2D eigenvalue weighted by atomic mass is 10.2. The lowest BCUT2D eigenvalue weighted by Crippen LogP contribution is -2.19. The molecule has 0 spiro atoms. The van der Waals surface area contributed by atoms with Crippen molar-refractivity contribution in [2.24, 2.45) is 7.05 Å². The van der Waals surface area contributed by atoms with Crippen LogP contribution in [0.4, 0.5) is 13.2 Å². The summed E-state index contributed by atoms with van der Waals surface area (Å²) in [5.74, 6) is -0.177. The predicted octanol–water partition coefficient (Wildman–Crippen LogP) is 3.32. The fourth-order valence-electron chi connectivity index (χ4n) is 2.77. The number of aromatic nitrogens is 5. The summed E-state index contributed by atoms with van der Waals surface area (Å²) in [6.45, 7) is 1.99. The second kappa shape index (κ2) is 6.75. The van der Waals surface area contributed by atoms with Crippen molar-refractivity contribution < 1.29 is 18.0 Å². The van der Waals surface area contributed by atoms with Crippen molar-refractivity contribution in [3.8, 4) is 0 Å². The number of rotatable bonds is 5. The number of carbonyl (C=O) groups excluding carboxylic acids is 1. The number of hydrogen-bond donors (Lipinski definition) is 0. The van der Waals surface area contributed by atoms with E-state index in [0.717, 1.165) is 9.95 Å². The zero-order valence-electron chi connectivity index (χ0n) is 14.3. The molecule has 26 heavy (non-hydrogen) atoms. The maximum Gasteiger partial charge on any atom is 0.406 e. The second-order valence-electron chi connectivity index (χ2n) is 5.88. The van der Waals surface area contributed by atoms with Crippen molar-refractivity contribution in [1.29, 1.82) is 0 Å². The molecule has 3 heterocycles. The van der Waals surface area contributed by atoms with Crippen LogP contribution in [0, 0.1) is 13.8 Å². The molecule has 10 heteroatoms. The number of carbonyl (C=O) groups is 1. The lowest BCUT2D eigenvalue weighted by Gasteiger charge is -2.12. The largest absolute Gasteiger partial charge is 0.406 e. The SMILES string of the molecule is Cc1cc(C(=O)CSc2ncnc3c2cnn3C)c(C)n1CC(F)(F)F. The molecule has 0 fully saturated rings. The Balaban J connectivity index is 1.79. The van der Waals surface area contributed by atoms with Gasteiger partial charge in [-0.1, -0.05) is 11.8 Å². The molecule has 0 aliphatic carbocycles. The Morgan fingerprint density at radius 2 is 2.00 bits per heavy atom. The van der Waals surface area contributed by atoms with Crippen molar-refractivity contribution in [2.75, 3.05) is 5.75 Å². The summed E-state index contributed by atoms with van der Waals surface area (Å²) >= 11 is 1.22. The Kier molecular flexibility index (Phi) is 4.78. The molecular weight excluding hydrogens is 367 g/mol. The molecule has 138 valence electrons. The number of thioether (sulfide) groups is 1. The normalized spacial score (nSPS) is 12.1. The van der Waals surface area contributed by atoms with Crippen LogP contribution in [0.5, 0.6) is 0 Å². The zero-order valence-corrected chi connectivity index (χ0v) is 15.1. The third-order valence-electron chi connectivity index (χ3n) is 4.04. The third-order valence-corrected chi connectivity index (χ3v) is 5.05. The monoisotopic (exact) mass is 383 g/mol. The van der Waals surface area contributed by atoms with Gasteiger partial charge in [-0.2, -0.15) is 18.3 Å². The van der Waals surface area contributed by atoms with Crippen LogP contribution in [-0.4, -0.2) is 42.0 Å². The topological polar surface area (TPSA) is 65.6 Å². The molecule has 0 saturated carbocycles. The molecule has 0 N–H and O–H groups in total. The molecule has 0 aliphatic rings. The molecule has 0 bridgehead atoms. The van der Waals surface area contributed by atoms with Gasteiger partial charge in [-0.15, -0.1) is 0 Å². The van der Waals surface area contributed by atoms with E-state index in [1.165, 1.54) is 31.1 Å². The average molecular weight is 383 g/mol. The van der Waals surface area contributed by atoms with Crippen molar-refractivity contribution in [1.82, 2.24) is 24.3 Å². The number of hydrogen-bond acceptors (Lipinski definition) is 5. The Morgan fingerprint density at radius 1 is 1.27 bits per heavy atom. The van der Waals surface area contributed by atoms with Gasteiger partial charge in [0.15, 0.2) is 11.4 Å². The Labute approximate surface area is 151 Å². The first-order chi connectivity index (χ1) is 12.2. The predicted molar refractivity (Wildman–Crippen MR) is 91.3 cm³/mol. The quantitative estimate of drug-likeness (QED) is 0.384. The van der Waals surface area contributed by atoms with Crippen LogP contribution in [0.2, 0.25) is 0 Å². The molecule has 0 amide bonds. The highest BCUT2D eigenvalue weighted by Gasteiger charge is 2.30. The fourth-order valence-corrected chi connectivity index (χ4v) is 3.62. The van der Waals surface area contributed by atoms with Crippen molar-refractivity contribution in [3.63, 3.8) is 0 Å². The molecule has 3 aromatic rings. The number of ketones is 1. The number of Topliss-reactive ketones (excluding diaryl/α,β-unsaturated/α-hetero) is 1. The van der Waals surface area contributed by atoms with Crippen molar-refractivity contribution in [2.45, 2.75) is 31.6 Å². The minimum atomic E-state index is -4.34. The van der Waals surface area contributed by atoms with Gasteiger partial charge in [0.2, 0.25) is 0 Å². The van der Waals surface area contributed by atoms with E-state index in [2.05, 4.69) is 15.1 Å². The van der Waals surface area contributed by atoms with Gasteiger partial charge in [-0.05, 0) is 19.9 Å². The van der Waals surface area contributed by atoms with Gasteiger partial charge in [0.05, 0.1) is 17.3 Å². The lowest BCUT2D eigenvalue weighted by molar-refractivity contribution is -0.141. The Bertz CT molecular complexity index is 976. The molecular formula is C16H16F3N5OS. The summed E-state index contributed by atoms with van der Waals surface area (Å²) in [7, 11) is 1.75. The molecule has 3 rings (SSSR count). The molecule has 0 atom stereocenters. The van der Waals surface area contributed by atoms with Crippen LogP contribution >= 0.6 is 11.8 Å². The van der Waals surface area contributed by atoms with Gasteiger partial charge in [-0.3, -0.25) is 9.48 Å². The van der Waals surface area contributed by atoms with Gasteiger partial charge in [0.25, 0.3) is 0 Å². The number of halogens is 3. The number of aryl methyl sites for hydroxylation is 2. The summed E-state index contributed by atoms with van der Waals surface area (Å²) in [6, 6.07) is 1.50. The van der Waals surface area contributed by atoms with Crippen LogP contribution in [0.15, 0.2) is 23.6 Å².